The van der Waals surface area contributed by atoms with E-state index in [0.29, 0.717) is 12.6 Å². The Kier molecular flexibility index (Phi) is 5.15. The Morgan fingerprint density at radius 2 is 2.07 bits per heavy atom. The highest BCUT2D eigenvalue weighted by Crippen LogP contribution is 2.44. The fourth-order valence-electron chi connectivity index (χ4n) is 4.01. The number of benzene rings is 1. The number of hydrogen-bond acceptors (Lipinski definition) is 4. The summed E-state index contributed by atoms with van der Waals surface area (Å²) in [6.45, 7) is 8.13. The Balaban J connectivity index is 1.78. The van der Waals surface area contributed by atoms with Crippen molar-refractivity contribution in [3.63, 3.8) is 0 Å². The molecule has 2 aromatic rings. The molecule has 0 radical (unpaired) electrons. The molecule has 1 aromatic heterocycles. The summed E-state index contributed by atoms with van der Waals surface area (Å²) in [5, 5.41) is 14.2. The van der Waals surface area contributed by atoms with Crippen molar-refractivity contribution in [2.45, 2.75) is 65.5 Å². The van der Waals surface area contributed by atoms with Crippen LogP contribution in [0.25, 0.3) is 11.1 Å². The zero-order chi connectivity index (χ0) is 20.8. The summed E-state index contributed by atoms with van der Waals surface area (Å²) in [5.74, 6) is 0.868. The first kappa shape index (κ1) is 20.0. The molecule has 29 heavy (non-hydrogen) atoms. The standard InChI is InChI=1S/C23H31N3O3/c1-15-5-8-20-21(26(15)16(2)28)10-9-19(22(20)29-14-23(3,4)13-27)17-11-24-25(12-17)18-6-7-18/h9-12,15,18,27H,5-8,13-14H2,1-4H3/t15-/m0/s1. The van der Waals surface area contributed by atoms with Crippen molar-refractivity contribution < 1.29 is 14.6 Å². The van der Waals surface area contributed by atoms with E-state index < -0.39 is 0 Å². The molecule has 0 saturated heterocycles. The van der Waals surface area contributed by atoms with E-state index in [4.69, 9.17) is 4.74 Å². The zero-order valence-corrected chi connectivity index (χ0v) is 17.8. The molecule has 2 aliphatic rings. The van der Waals surface area contributed by atoms with Gasteiger partial charge in [0.15, 0.2) is 0 Å². The monoisotopic (exact) mass is 397 g/mol. The molecular weight excluding hydrogens is 366 g/mol. The SMILES string of the molecule is CC(=O)N1c2ccc(-c3cnn(C4CC4)c3)c(OCC(C)(C)CO)c2CC[C@@H]1C. The molecule has 1 atom stereocenters. The maximum absolute atomic E-state index is 12.3. The Bertz CT molecular complexity index is 914. The van der Waals surface area contributed by atoms with Crippen LogP contribution in [0.2, 0.25) is 0 Å². The van der Waals surface area contributed by atoms with Crippen LogP contribution < -0.4 is 9.64 Å². The number of amides is 1. The lowest BCUT2D eigenvalue weighted by Crippen LogP contribution is -2.41. The molecule has 1 N–H and O–H groups in total. The number of aliphatic hydroxyl groups excluding tert-OH is 1. The molecule has 1 fully saturated rings. The number of aromatic nitrogens is 2. The first-order valence-electron chi connectivity index (χ1n) is 10.5. The molecule has 2 heterocycles. The van der Waals surface area contributed by atoms with Crippen LogP contribution in [0.4, 0.5) is 5.69 Å². The van der Waals surface area contributed by atoms with E-state index in [9.17, 15) is 9.90 Å². The molecular formula is C23H31N3O3. The predicted octanol–water partition coefficient (Wildman–Crippen LogP) is 3.97. The topological polar surface area (TPSA) is 67.6 Å². The summed E-state index contributed by atoms with van der Waals surface area (Å²) >= 11 is 0. The lowest BCUT2D eigenvalue weighted by Gasteiger charge is -2.36. The van der Waals surface area contributed by atoms with Crippen molar-refractivity contribution in [2.75, 3.05) is 18.1 Å². The van der Waals surface area contributed by atoms with Crippen LogP contribution in [0.1, 0.15) is 58.6 Å². The van der Waals surface area contributed by atoms with Crippen molar-refractivity contribution in [1.29, 1.82) is 0 Å². The minimum atomic E-state index is -0.347. The maximum Gasteiger partial charge on any atom is 0.224 e. The molecule has 1 amide bonds. The summed E-state index contributed by atoms with van der Waals surface area (Å²) in [6, 6.07) is 4.78. The Morgan fingerprint density at radius 3 is 2.72 bits per heavy atom. The highest BCUT2D eigenvalue weighted by atomic mass is 16.5. The number of hydrogen-bond donors (Lipinski definition) is 1. The number of fused-ring (bicyclic) bond motifs is 1. The molecule has 4 rings (SSSR count). The largest absolute Gasteiger partial charge is 0.492 e. The van der Waals surface area contributed by atoms with Gasteiger partial charge in [0.2, 0.25) is 5.91 Å². The third-order valence-corrected chi connectivity index (χ3v) is 5.96. The number of carbonyl (C=O) groups is 1. The minimum absolute atomic E-state index is 0.0492. The van der Waals surface area contributed by atoms with Gasteiger partial charge in [0, 0.05) is 41.3 Å². The van der Waals surface area contributed by atoms with E-state index in [0.717, 1.165) is 41.0 Å². The van der Waals surface area contributed by atoms with Crippen LogP contribution in [-0.2, 0) is 11.2 Å². The van der Waals surface area contributed by atoms with Crippen LogP contribution in [0.3, 0.4) is 0 Å². The summed E-state index contributed by atoms with van der Waals surface area (Å²) in [5.41, 5.74) is 3.70. The highest BCUT2D eigenvalue weighted by Gasteiger charge is 2.31. The molecule has 6 heteroatoms. The zero-order valence-electron chi connectivity index (χ0n) is 17.8. The van der Waals surface area contributed by atoms with Gasteiger partial charge in [0.25, 0.3) is 0 Å². The normalized spacial score (nSPS) is 19.2. The van der Waals surface area contributed by atoms with E-state index in [1.807, 2.05) is 41.8 Å². The number of ether oxygens (including phenoxy) is 1. The van der Waals surface area contributed by atoms with Gasteiger partial charge in [-0.05, 0) is 44.7 Å². The number of carbonyl (C=O) groups excluding carboxylic acids is 1. The third kappa shape index (κ3) is 3.90. The van der Waals surface area contributed by atoms with E-state index in [1.54, 1.807) is 6.92 Å². The Labute approximate surface area is 172 Å². The number of aliphatic hydroxyl groups is 1. The highest BCUT2D eigenvalue weighted by molar-refractivity contribution is 5.95. The second kappa shape index (κ2) is 7.48. The molecule has 6 nitrogen and oxygen atoms in total. The molecule has 0 spiro atoms. The molecule has 0 bridgehead atoms. The van der Waals surface area contributed by atoms with Crippen LogP contribution >= 0.6 is 0 Å². The first-order valence-corrected chi connectivity index (χ1v) is 10.5. The van der Waals surface area contributed by atoms with E-state index >= 15 is 0 Å². The van der Waals surface area contributed by atoms with Crippen molar-refractivity contribution in [3.05, 3.63) is 30.1 Å². The van der Waals surface area contributed by atoms with E-state index in [2.05, 4.69) is 18.2 Å². The summed E-state index contributed by atoms with van der Waals surface area (Å²) in [6.07, 6.45) is 8.13. The summed E-state index contributed by atoms with van der Waals surface area (Å²) in [7, 11) is 0. The third-order valence-electron chi connectivity index (χ3n) is 5.96. The molecule has 156 valence electrons. The molecule has 1 saturated carbocycles. The van der Waals surface area contributed by atoms with Gasteiger partial charge in [-0.3, -0.25) is 9.48 Å². The predicted molar refractivity (Wildman–Crippen MR) is 113 cm³/mol. The number of anilines is 1. The minimum Gasteiger partial charge on any atom is -0.492 e. The van der Waals surface area contributed by atoms with Crippen LogP contribution in [-0.4, -0.2) is 40.0 Å². The van der Waals surface area contributed by atoms with Crippen molar-refractivity contribution in [2.24, 2.45) is 5.41 Å². The second-order valence-electron chi connectivity index (χ2n) is 9.27. The number of rotatable bonds is 6. The lowest BCUT2D eigenvalue weighted by atomic mass is 9.91. The molecule has 1 aliphatic heterocycles. The average molecular weight is 398 g/mol. The van der Waals surface area contributed by atoms with Gasteiger partial charge in [-0.15, -0.1) is 0 Å². The van der Waals surface area contributed by atoms with Gasteiger partial charge >= 0.3 is 0 Å². The second-order valence-corrected chi connectivity index (χ2v) is 9.27. The fourth-order valence-corrected chi connectivity index (χ4v) is 4.01. The van der Waals surface area contributed by atoms with Crippen LogP contribution in [0.15, 0.2) is 24.5 Å². The fraction of sp³-hybridized carbons (Fsp3) is 0.565. The van der Waals surface area contributed by atoms with E-state index in [-0.39, 0.29) is 24.0 Å². The van der Waals surface area contributed by atoms with Gasteiger partial charge in [-0.25, -0.2) is 0 Å². The average Bonchev–Trinajstić information content (AvgIpc) is 3.42. The molecule has 0 unspecified atom stereocenters. The molecule has 1 aromatic carbocycles. The van der Waals surface area contributed by atoms with Gasteiger partial charge in [0.1, 0.15) is 5.75 Å². The van der Waals surface area contributed by atoms with Crippen molar-refractivity contribution in [3.8, 4) is 16.9 Å². The smallest absolute Gasteiger partial charge is 0.224 e. The summed E-state index contributed by atoms with van der Waals surface area (Å²) in [4.78, 5) is 14.2. The van der Waals surface area contributed by atoms with Crippen LogP contribution in [0, 0.1) is 5.41 Å². The summed E-state index contributed by atoms with van der Waals surface area (Å²) < 4.78 is 8.40. The Hall–Kier alpha value is -2.34. The quantitative estimate of drug-likeness (QED) is 0.801. The number of nitrogens with zero attached hydrogens (tertiary/aromatic N) is 3. The van der Waals surface area contributed by atoms with Gasteiger partial charge in [-0.2, -0.15) is 5.10 Å². The lowest BCUT2D eigenvalue weighted by molar-refractivity contribution is -0.117. The van der Waals surface area contributed by atoms with E-state index in [1.165, 1.54) is 12.8 Å². The van der Waals surface area contributed by atoms with Crippen LogP contribution in [0.5, 0.6) is 5.75 Å². The van der Waals surface area contributed by atoms with Gasteiger partial charge in [-0.1, -0.05) is 13.8 Å². The molecule has 1 aliphatic carbocycles. The van der Waals surface area contributed by atoms with Crippen molar-refractivity contribution >= 4 is 11.6 Å². The maximum atomic E-state index is 12.3. The Morgan fingerprint density at radius 1 is 1.31 bits per heavy atom. The first-order chi connectivity index (χ1) is 13.8. The van der Waals surface area contributed by atoms with Gasteiger partial charge < -0.3 is 14.7 Å². The van der Waals surface area contributed by atoms with Gasteiger partial charge in [0.05, 0.1) is 31.1 Å². The van der Waals surface area contributed by atoms with Crippen molar-refractivity contribution in [1.82, 2.24) is 9.78 Å².